The molecule has 114 valence electrons. The normalized spacial score (nSPS) is 12.0. The summed E-state index contributed by atoms with van der Waals surface area (Å²) in [5.41, 5.74) is -3.53. The van der Waals surface area contributed by atoms with Crippen LogP contribution in [0.1, 0.15) is 0 Å². The van der Waals surface area contributed by atoms with Crippen LogP contribution in [-0.4, -0.2) is 0 Å². The van der Waals surface area contributed by atoms with Gasteiger partial charge in [-0.2, -0.15) is 0 Å². The van der Waals surface area contributed by atoms with Crippen molar-refractivity contribution in [3.05, 3.63) is 78.1 Å². The van der Waals surface area contributed by atoms with Gasteiger partial charge in [-0.15, -0.1) is 0 Å². The van der Waals surface area contributed by atoms with E-state index >= 15 is 0 Å². The van der Waals surface area contributed by atoms with Crippen LogP contribution in [0.3, 0.4) is 0 Å². The molecule has 2 aromatic heterocycles. The van der Waals surface area contributed by atoms with E-state index in [4.69, 9.17) is 0 Å². The Hall–Kier alpha value is -3.54. The average Bonchev–Trinajstić information content (AvgIpc) is 3.02. The van der Waals surface area contributed by atoms with Gasteiger partial charge in [-0.25, -0.2) is 19.2 Å². The van der Waals surface area contributed by atoms with Gasteiger partial charge in [0.2, 0.25) is 0 Å². The molecule has 0 saturated carbocycles. The highest BCUT2D eigenvalue weighted by atomic mass is 16.4. The maximum Gasteiger partial charge on any atom is 0.347 e. The van der Waals surface area contributed by atoms with E-state index in [1.165, 1.54) is 0 Å². The Morgan fingerprint density at radius 3 is 1.33 bits per heavy atom. The largest absolute Gasteiger partial charge is 0.386 e. The van der Waals surface area contributed by atoms with Gasteiger partial charge in [0.05, 0.1) is 21.5 Å². The molecular weight excluding hydrogens is 312 g/mol. The van der Waals surface area contributed by atoms with Gasteiger partial charge in [-0.3, -0.25) is 0 Å². The lowest BCUT2D eigenvalue weighted by molar-refractivity contribution is 0.497. The molecule has 0 radical (unpaired) electrons. The summed E-state index contributed by atoms with van der Waals surface area (Å²) in [7, 11) is 0. The van der Waals surface area contributed by atoms with Gasteiger partial charge in [0.1, 0.15) is 0 Å². The van der Waals surface area contributed by atoms with Crippen molar-refractivity contribution in [1.82, 2.24) is 0 Å². The first-order chi connectivity index (χ1) is 11.6. The van der Waals surface area contributed by atoms with Gasteiger partial charge in [0.25, 0.3) is 0 Å². The smallest absolute Gasteiger partial charge is 0.347 e. The molecule has 0 N–H and O–H groups in total. The molecule has 5 rings (SSSR count). The minimum atomic E-state index is -0.937. The van der Waals surface area contributed by atoms with Crippen molar-refractivity contribution in [3.63, 3.8) is 0 Å². The van der Waals surface area contributed by atoms with Crippen LogP contribution in [0.25, 0.3) is 43.1 Å². The summed E-state index contributed by atoms with van der Waals surface area (Å²) >= 11 is 0. The van der Waals surface area contributed by atoms with Crippen LogP contribution in [0.15, 0.2) is 64.4 Å². The number of fused-ring (bicyclic) bond motifs is 7. The minimum absolute atomic E-state index is 0.00570. The molecule has 6 nitrogen and oxygen atoms in total. The lowest BCUT2D eigenvalue weighted by atomic mass is 9.96. The monoisotopic (exact) mass is 318 g/mol. The van der Waals surface area contributed by atoms with Gasteiger partial charge < -0.3 is 8.83 Å². The molecule has 0 spiro atoms. The summed E-state index contributed by atoms with van der Waals surface area (Å²) in [6.45, 7) is 0. The van der Waals surface area contributed by atoms with E-state index in [1.807, 2.05) is 24.3 Å². The average molecular weight is 318 g/mol. The molecule has 0 unspecified atom stereocenters. The van der Waals surface area contributed by atoms with Crippen molar-refractivity contribution in [2.24, 2.45) is 0 Å². The van der Waals surface area contributed by atoms with Crippen molar-refractivity contribution in [2.45, 2.75) is 0 Å². The van der Waals surface area contributed by atoms with Gasteiger partial charge in [0, 0.05) is 0 Å². The molecule has 0 aliphatic rings. The molecule has 2 heterocycles. The zero-order valence-electron chi connectivity index (χ0n) is 11.9. The number of hydrogen-bond donors (Lipinski definition) is 0. The summed E-state index contributed by atoms with van der Waals surface area (Å²) in [6.07, 6.45) is 0. The zero-order chi connectivity index (χ0) is 16.6. The fourth-order valence-corrected chi connectivity index (χ4v) is 3.38. The third-order valence-corrected chi connectivity index (χ3v) is 4.36. The molecule has 24 heavy (non-hydrogen) atoms. The van der Waals surface area contributed by atoms with Gasteiger partial charge >= 0.3 is 22.5 Å². The van der Waals surface area contributed by atoms with Crippen LogP contribution in [0.2, 0.25) is 0 Å². The second-order valence-corrected chi connectivity index (χ2v) is 5.60. The Morgan fingerprint density at radius 1 is 0.542 bits per heavy atom. The molecular formula is C18H6O6. The fraction of sp³-hybridized carbons (Fsp3) is 0. The van der Waals surface area contributed by atoms with E-state index in [-0.39, 0.29) is 21.5 Å². The Morgan fingerprint density at radius 2 is 0.917 bits per heavy atom. The summed E-state index contributed by atoms with van der Waals surface area (Å²) in [5, 5.41) is 2.09. The number of rotatable bonds is 0. The molecule has 0 fully saturated rings. The van der Waals surface area contributed by atoms with E-state index in [9.17, 15) is 19.2 Å². The summed E-state index contributed by atoms with van der Waals surface area (Å²) < 4.78 is 9.33. The van der Waals surface area contributed by atoms with Gasteiger partial charge in [0.15, 0.2) is 0 Å². The van der Waals surface area contributed by atoms with Crippen molar-refractivity contribution in [3.8, 4) is 0 Å². The molecule has 0 atom stereocenters. The molecule has 6 heteroatoms. The molecule has 0 amide bonds. The second kappa shape index (κ2) is 4.05. The lowest BCUT2D eigenvalue weighted by Gasteiger charge is -2.03. The molecule has 0 saturated heterocycles. The second-order valence-electron chi connectivity index (χ2n) is 5.60. The summed E-state index contributed by atoms with van der Waals surface area (Å²) in [5.74, 6) is 0. The van der Waals surface area contributed by atoms with Crippen LogP contribution in [0.5, 0.6) is 0 Å². The maximum absolute atomic E-state index is 12.1. The zero-order valence-corrected chi connectivity index (χ0v) is 11.9. The first kappa shape index (κ1) is 13.0. The number of furan rings is 2. The third kappa shape index (κ3) is 1.40. The van der Waals surface area contributed by atoms with Crippen molar-refractivity contribution < 1.29 is 8.83 Å². The van der Waals surface area contributed by atoms with Crippen molar-refractivity contribution in [2.75, 3.05) is 0 Å². The fourth-order valence-electron chi connectivity index (χ4n) is 3.38. The maximum atomic E-state index is 12.1. The highest BCUT2D eigenvalue weighted by Crippen LogP contribution is 2.32. The standard InChI is InChI=1S/C18H6O6/c19-15-11-9-5-7-3-1-2-4-8(7)6-10(9)12-14(13(11)17(21)23-15)18(22)24-16(12)20/h1-6H. The molecule has 0 bridgehead atoms. The highest BCUT2D eigenvalue weighted by Gasteiger charge is 2.24. The Bertz CT molecular complexity index is 1410. The molecule has 3 aromatic carbocycles. The van der Waals surface area contributed by atoms with Crippen LogP contribution in [-0.2, 0) is 0 Å². The predicted molar refractivity (Wildman–Crippen MR) is 88.5 cm³/mol. The van der Waals surface area contributed by atoms with E-state index in [1.54, 1.807) is 12.1 Å². The highest BCUT2D eigenvalue weighted by molar-refractivity contribution is 6.26. The number of benzene rings is 3. The first-order valence-electron chi connectivity index (χ1n) is 7.12. The van der Waals surface area contributed by atoms with E-state index in [2.05, 4.69) is 8.83 Å². The van der Waals surface area contributed by atoms with Crippen LogP contribution < -0.4 is 22.5 Å². The minimum Gasteiger partial charge on any atom is -0.386 e. The SMILES string of the molecule is O=c1oc(=O)c2c1c1cc3ccccc3cc1c1c(=O)oc(=O)c12. The van der Waals surface area contributed by atoms with E-state index in [0.29, 0.717) is 10.8 Å². The first-order valence-corrected chi connectivity index (χ1v) is 7.12. The van der Waals surface area contributed by atoms with Gasteiger partial charge in [-0.1, -0.05) is 24.3 Å². The van der Waals surface area contributed by atoms with E-state index < -0.39 is 22.5 Å². The summed E-state index contributed by atoms with van der Waals surface area (Å²) in [4.78, 5) is 48.3. The van der Waals surface area contributed by atoms with E-state index in [0.717, 1.165) is 10.8 Å². The van der Waals surface area contributed by atoms with Gasteiger partial charge in [-0.05, 0) is 33.7 Å². The lowest BCUT2D eigenvalue weighted by Crippen LogP contribution is -1.99. The predicted octanol–water partition coefficient (Wildman–Crippen LogP) is 1.80. The third-order valence-electron chi connectivity index (χ3n) is 4.36. The Labute approximate surface area is 130 Å². The van der Waals surface area contributed by atoms with Crippen molar-refractivity contribution >= 4 is 43.1 Å². The number of hydrogen-bond acceptors (Lipinski definition) is 6. The van der Waals surface area contributed by atoms with Crippen molar-refractivity contribution in [1.29, 1.82) is 0 Å². The summed E-state index contributed by atoms with van der Waals surface area (Å²) in [6, 6.07) is 10.8. The molecule has 5 aromatic rings. The van der Waals surface area contributed by atoms with Crippen LogP contribution in [0, 0.1) is 0 Å². The molecule has 0 aliphatic carbocycles. The Kier molecular flexibility index (Phi) is 2.19. The Balaban J connectivity index is 2.33. The van der Waals surface area contributed by atoms with Crippen LogP contribution in [0.4, 0.5) is 0 Å². The molecule has 0 aliphatic heterocycles. The topological polar surface area (TPSA) is 94.6 Å². The quantitative estimate of drug-likeness (QED) is 0.404. The van der Waals surface area contributed by atoms with Crippen LogP contribution >= 0.6 is 0 Å².